The van der Waals surface area contributed by atoms with Gasteiger partial charge in [-0.05, 0) is 42.5 Å². The molecule has 0 fully saturated rings. The highest BCUT2D eigenvalue weighted by Crippen LogP contribution is 2.28. The number of amides is 1. The summed E-state index contributed by atoms with van der Waals surface area (Å²) in [6, 6.07) is 20.9. The Morgan fingerprint density at radius 3 is 2.69 bits per heavy atom. The number of carbonyl (C=O) groups excluding carboxylic acids is 1. The zero-order valence-electron chi connectivity index (χ0n) is 14.2. The standard InChI is InChI=1S/C21H17N3O2/c1-26-16-10-9-15-11-13-24(20(15)14-16)19-8-3-2-6-17(19)23-21(25)18-7-4-5-12-22-18/h2-14H,1H3,(H,23,25). The fourth-order valence-electron chi connectivity index (χ4n) is 2.92. The highest BCUT2D eigenvalue weighted by molar-refractivity contribution is 6.04. The van der Waals surface area contributed by atoms with Gasteiger partial charge in [-0.3, -0.25) is 9.78 Å². The molecule has 0 radical (unpaired) electrons. The third-order valence-corrected chi connectivity index (χ3v) is 4.21. The number of pyridine rings is 1. The van der Waals surface area contributed by atoms with Gasteiger partial charge in [0.15, 0.2) is 0 Å². The van der Waals surface area contributed by atoms with Gasteiger partial charge in [0.25, 0.3) is 5.91 Å². The highest BCUT2D eigenvalue weighted by atomic mass is 16.5. The van der Waals surface area contributed by atoms with Gasteiger partial charge in [0, 0.05) is 23.8 Å². The van der Waals surface area contributed by atoms with E-state index in [-0.39, 0.29) is 5.91 Å². The second-order valence-electron chi connectivity index (χ2n) is 5.80. The molecule has 2 heterocycles. The van der Waals surface area contributed by atoms with E-state index in [1.807, 2.05) is 59.3 Å². The Morgan fingerprint density at radius 1 is 1.04 bits per heavy atom. The van der Waals surface area contributed by atoms with E-state index in [0.29, 0.717) is 11.4 Å². The van der Waals surface area contributed by atoms with Crippen molar-refractivity contribution < 1.29 is 9.53 Å². The summed E-state index contributed by atoms with van der Waals surface area (Å²) in [7, 11) is 1.65. The molecule has 0 unspecified atom stereocenters. The van der Waals surface area contributed by atoms with Crippen molar-refractivity contribution >= 4 is 22.5 Å². The van der Waals surface area contributed by atoms with Crippen molar-refractivity contribution in [3.63, 3.8) is 0 Å². The van der Waals surface area contributed by atoms with Crippen molar-refractivity contribution in [2.75, 3.05) is 12.4 Å². The molecule has 0 saturated heterocycles. The van der Waals surface area contributed by atoms with Crippen LogP contribution in [-0.2, 0) is 0 Å². The second kappa shape index (κ2) is 6.72. The molecule has 128 valence electrons. The lowest BCUT2D eigenvalue weighted by molar-refractivity contribution is 0.102. The molecular weight excluding hydrogens is 326 g/mol. The van der Waals surface area contributed by atoms with Gasteiger partial charge in [0.1, 0.15) is 11.4 Å². The molecule has 4 aromatic rings. The Hall–Kier alpha value is -3.60. The van der Waals surface area contributed by atoms with Crippen molar-refractivity contribution in [2.45, 2.75) is 0 Å². The highest BCUT2D eigenvalue weighted by Gasteiger charge is 2.12. The zero-order chi connectivity index (χ0) is 17.9. The van der Waals surface area contributed by atoms with Crippen molar-refractivity contribution in [3.8, 4) is 11.4 Å². The molecule has 0 aliphatic heterocycles. The number of fused-ring (bicyclic) bond motifs is 1. The summed E-state index contributed by atoms with van der Waals surface area (Å²) in [6.07, 6.45) is 3.59. The van der Waals surface area contributed by atoms with E-state index in [9.17, 15) is 4.79 Å². The van der Waals surface area contributed by atoms with Crippen LogP contribution >= 0.6 is 0 Å². The monoisotopic (exact) mass is 343 g/mol. The zero-order valence-corrected chi connectivity index (χ0v) is 14.2. The summed E-state index contributed by atoms with van der Waals surface area (Å²) < 4.78 is 7.38. The summed E-state index contributed by atoms with van der Waals surface area (Å²) in [4.78, 5) is 16.6. The summed E-state index contributed by atoms with van der Waals surface area (Å²) in [5.74, 6) is 0.541. The SMILES string of the molecule is COc1ccc2ccn(-c3ccccc3NC(=O)c3ccccn3)c2c1. The largest absolute Gasteiger partial charge is 0.497 e. The summed E-state index contributed by atoms with van der Waals surface area (Å²) in [5.41, 5.74) is 2.97. The molecule has 1 N–H and O–H groups in total. The molecule has 0 spiro atoms. The Labute approximate surface area is 150 Å². The number of rotatable bonds is 4. The predicted molar refractivity (Wildman–Crippen MR) is 102 cm³/mol. The van der Waals surface area contributed by atoms with Gasteiger partial charge in [-0.25, -0.2) is 0 Å². The molecule has 0 aliphatic carbocycles. The van der Waals surface area contributed by atoms with Crippen LogP contribution in [0.5, 0.6) is 5.75 Å². The van der Waals surface area contributed by atoms with E-state index in [2.05, 4.69) is 10.3 Å². The molecule has 2 aromatic carbocycles. The lowest BCUT2D eigenvalue weighted by Gasteiger charge is -2.13. The van der Waals surface area contributed by atoms with Gasteiger partial charge in [0.05, 0.1) is 24.0 Å². The van der Waals surface area contributed by atoms with Crippen LogP contribution in [0.25, 0.3) is 16.6 Å². The van der Waals surface area contributed by atoms with Crippen LogP contribution in [-0.4, -0.2) is 22.6 Å². The van der Waals surface area contributed by atoms with E-state index in [4.69, 9.17) is 4.74 Å². The van der Waals surface area contributed by atoms with Gasteiger partial charge in [-0.15, -0.1) is 0 Å². The van der Waals surface area contributed by atoms with Gasteiger partial charge in [-0.2, -0.15) is 0 Å². The molecule has 5 nitrogen and oxygen atoms in total. The first kappa shape index (κ1) is 15.9. The van der Waals surface area contributed by atoms with Gasteiger partial charge >= 0.3 is 0 Å². The number of hydrogen-bond donors (Lipinski definition) is 1. The molecule has 2 aromatic heterocycles. The van der Waals surface area contributed by atoms with Gasteiger partial charge in [0.2, 0.25) is 0 Å². The van der Waals surface area contributed by atoms with Crippen molar-refractivity contribution in [1.29, 1.82) is 0 Å². The molecule has 4 rings (SSSR count). The first-order valence-electron chi connectivity index (χ1n) is 8.23. The van der Waals surface area contributed by atoms with Crippen LogP contribution in [0, 0.1) is 0 Å². The molecule has 0 atom stereocenters. The van der Waals surface area contributed by atoms with E-state index in [1.54, 1.807) is 31.5 Å². The number of aromatic nitrogens is 2. The van der Waals surface area contributed by atoms with Crippen LogP contribution in [0.2, 0.25) is 0 Å². The van der Waals surface area contributed by atoms with Crippen LogP contribution in [0.4, 0.5) is 5.69 Å². The van der Waals surface area contributed by atoms with Gasteiger partial charge < -0.3 is 14.6 Å². The summed E-state index contributed by atoms with van der Waals surface area (Å²) in [5, 5.41) is 4.05. The number of nitrogens with zero attached hydrogens (tertiary/aromatic N) is 2. The van der Waals surface area contributed by atoms with E-state index in [1.165, 1.54) is 0 Å². The number of anilines is 1. The maximum atomic E-state index is 12.5. The molecule has 0 aliphatic rings. The minimum Gasteiger partial charge on any atom is -0.497 e. The lowest BCUT2D eigenvalue weighted by Crippen LogP contribution is -2.14. The van der Waals surface area contributed by atoms with Crippen LogP contribution < -0.4 is 10.1 Å². The molecule has 0 bridgehead atoms. The molecule has 0 saturated carbocycles. The quantitative estimate of drug-likeness (QED) is 0.601. The van der Waals surface area contributed by atoms with Crippen molar-refractivity contribution in [3.05, 3.63) is 84.8 Å². The topological polar surface area (TPSA) is 56.1 Å². The Morgan fingerprint density at radius 2 is 1.88 bits per heavy atom. The minimum atomic E-state index is -0.243. The van der Waals surface area contributed by atoms with E-state index in [0.717, 1.165) is 22.3 Å². The number of nitrogens with one attached hydrogen (secondary N) is 1. The minimum absolute atomic E-state index is 0.243. The first-order valence-corrected chi connectivity index (χ1v) is 8.23. The fraction of sp³-hybridized carbons (Fsp3) is 0.0476. The average molecular weight is 343 g/mol. The molecule has 5 heteroatoms. The number of ether oxygens (including phenoxy) is 1. The van der Waals surface area contributed by atoms with Gasteiger partial charge in [-0.1, -0.05) is 18.2 Å². The first-order chi connectivity index (χ1) is 12.8. The second-order valence-corrected chi connectivity index (χ2v) is 5.80. The Balaban J connectivity index is 1.76. The van der Waals surface area contributed by atoms with Crippen LogP contribution in [0.15, 0.2) is 79.1 Å². The molecule has 1 amide bonds. The summed E-state index contributed by atoms with van der Waals surface area (Å²) >= 11 is 0. The third kappa shape index (κ3) is 2.91. The number of methoxy groups -OCH3 is 1. The van der Waals surface area contributed by atoms with E-state index < -0.39 is 0 Å². The fourth-order valence-corrected chi connectivity index (χ4v) is 2.92. The van der Waals surface area contributed by atoms with E-state index >= 15 is 0 Å². The van der Waals surface area contributed by atoms with Crippen molar-refractivity contribution in [1.82, 2.24) is 9.55 Å². The third-order valence-electron chi connectivity index (χ3n) is 4.21. The van der Waals surface area contributed by atoms with Crippen molar-refractivity contribution in [2.24, 2.45) is 0 Å². The Bertz CT molecular complexity index is 1070. The molecular formula is C21H17N3O2. The summed E-state index contributed by atoms with van der Waals surface area (Å²) in [6.45, 7) is 0. The lowest BCUT2D eigenvalue weighted by atomic mass is 10.2. The predicted octanol–water partition coefficient (Wildman–Crippen LogP) is 4.29. The normalized spacial score (nSPS) is 10.7. The maximum absolute atomic E-state index is 12.5. The van der Waals surface area contributed by atoms with Crippen LogP contribution in [0.1, 0.15) is 10.5 Å². The number of carbonyl (C=O) groups is 1. The molecule has 26 heavy (non-hydrogen) atoms. The average Bonchev–Trinajstić information content (AvgIpc) is 3.12. The number of para-hydroxylation sites is 2. The van der Waals surface area contributed by atoms with Crippen LogP contribution in [0.3, 0.4) is 0 Å². The smallest absolute Gasteiger partial charge is 0.274 e. The number of hydrogen-bond acceptors (Lipinski definition) is 3. The number of benzene rings is 2. The maximum Gasteiger partial charge on any atom is 0.274 e. The Kier molecular flexibility index (Phi) is 4.11.